The Balaban J connectivity index is 1.42. The molecule has 1 aliphatic carbocycles. The largest absolute Gasteiger partial charge is 0.444 e. The van der Waals surface area contributed by atoms with Gasteiger partial charge in [-0.25, -0.2) is 22.8 Å². The minimum atomic E-state index is -1.36. The highest BCUT2D eigenvalue weighted by molar-refractivity contribution is 5.98. The van der Waals surface area contributed by atoms with Gasteiger partial charge in [0.25, 0.3) is 0 Å². The van der Waals surface area contributed by atoms with Crippen LogP contribution in [0.4, 0.5) is 28.4 Å². The zero-order valence-electron chi connectivity index (χ0n) is 29.9. The molecule has 274 valence electrons. The topological polar surface area (TPSA) is 109 Å². The third-order valence-electron chi connectivity index (χ3n) is 8.82. The number of amides is 3. The quantitative estimate of drug-likeness (QED) is 0.213. The Morgan fingerprint density at radius 3 is 1.96 bits per heavy atom. The van der Waals surface area contributed by atoms with Crippen molar-refractivity contribution < 1.29 is 37.0 Å². The Labute approximate surface area is 297 Å². The first-order chi connectivity index (χ1) is 23.9. The highest BCUT2D eigenvalue weighted by Crippen LogP contribution is 2.40. The maximum atomic E-state index is 15.6. The average molecular weight is 709 g/mol. The molecule has 1 heterocycles. The van der Waals surface area contributed by atoms with Gasteiger partial charge in [-0.2, -0.15) is 0 Å². The molecule has 0 radical (unpaired) electrons. The number of hydrogen-bond donors (Lipinski definition) is 3. The van der Waals surface area contributed by atoms with Gasteiger partial charge >= 0.3 is 12.2 Å². The Bertz CT molecular complexity index is 1670. The fourth-order valence-corrected chi connectivity index (χ4v) is 6.41. The maximum Gasteiger partial charge on any atom is 0.410 e. The van der Waals surface area contributed by atoms with Crippen molar-refractivity contribution >= 4 is 23.8 Å². The molecule has 51 heavy (non-hydrogen) atoms. The molecule has 2 fully saturated rings. The van der Waals surface area contributed by atoms with E-state index in [9.17, 15) is 23.2 Å². The van der Waals surface area contributed by atoms with Crippen LogP contribution in [0.3, 0.4) is 0 Å². The second-order valence-electron chi connectivity index (χ2n) is 15.5. The van der Waals surface area contributed by atoms with Gasteiger partial charge in [0.15, 0.2) is 0 Å². The Morgan fingerprint density at radius 2 is 1.43 bits per heavy atom. The molecule has 1 saturated heterocycles. The van der Waals surface area contributed by atoms with Gasteiger partial charge in [0, 0.05) is 41.8 Å². The van der Waals surface area contributed by atoms with E-state index in [-0.39, 0.29) is 35.3 Å². The molecule has 9 nitrogen and oxygen atoms in total. The first-order valence-corrected chi connectivity index (χ1v) is 17.2. The lowest BCUT2D eigenvalue weighted by molar-refractivity contribution is -0.118. The summed E-state index contributed by atoms with van der Waals surface area (Å²) in [5.41, 5.74) is -0.347. The third-order valence-corrected chi connectivity index (χ3v) is 8.82. The number of carbonyl (C=O) groups excluding carboxylic acids is 3. The van der Waals surface area contributed by atoms with Crippen molar-refractivity contribution in [3.05, 3.63) is 101 Å². The summed E-state index contributed by atoms with van der Waals surface area (Å²) < 4.78 is 54.7. The molecule has 1 spiro atoms. The molecule has 1 saturated carbocycles. The van der Waals surface area contributed by atoms with E-state index in [1.807, 2.05) is 20.8 Å². The van der Waals surface area contributed by atoms with Crippen molar-refractivity contribution in [2.24, 2.45) is 0 Å². The molecular weight excluding hydrogens is 661 g/mol. The van der Waals surface area contributed by atoms with Crippen LogP contribution in [0.1, 0.15) is 83.4 Å². The number of ether oxygens (including phenoxy) is 2. The van der Waals surface area contributed by atoms with Crippen molar-refractivity contribution in [3.63, 3.8) is 0 Å². The first kappa shape index (κ1) is 37.7. The van der Waals surface area contributed by atoms with Crippen molar-refractivity contribution in [1.82, 2.24) is 15.5 Å². The molecular formula is C39H47F3N4O5. The number of nitrogens with one attached hydrogen (secondary N) is 3. The molecule has 2 unspecified atom stereocenters. The van der Waals surface area contributed by atoms with Gasteiger partial charge in [0.05, 0.1) is 0 Å². The molecule has 3 amide bonds. The summed E-state index contributed by atoms with van der Waals surface area (Å²) >= 11 is 0. The number of halogens is 3. The summed E-state index contributed by atoms with van der Waals surface area (Å²) in [6.45, 7) is 11.4. The van der Waals surface area contributed by atoms with Gasteiger partial charge in [-0.05, 0) is 115 Å². The number of piperazine rings is 1. The fourth-order valence-electron chi connectivity index (χ4n) is 6.41. The summed E-state index contributed by atoms with van der Waals surface area (Å²) in [5.74, 6) is -3.15. The Hall–Kier alpha value is -4.58. The number of rotatable bonds is 9. The third kappa shape index (κ3) is 10.2. The van der Waals surface area contributed by atoms with Gasteiger partial charge < -0.3 is 30.3 Å². The first-order valence-electron chi connectivity index (χ1n) is 17.2. The summed E-state index contributed by atoms with van der Waals surface area (Å²) in [4.78, 5) is 42.2. The van der Waals surface area contributed by atoms with Crippen LogP contribution in [0.2, 0.25) is 0 Å². The molecule has 5 rings (SSSR count). The highest BCUT2D eigenvalue weighted by Gasteiger charge is 2.49. The van der Waals surface area contributed by atoms with Gasteiger partial charge in [0.1, 0.15) is 34.7 Å². The molecule has 3 N–H and O–H groups in total. The number of anilines is 1. The highest BCUT2D eigenvalue weighted by atomic mass is 19.1. The van der Waals surface area contributed by atoms with Crippen LogP contribution in [0.5, 0.6) is 0 Å². The van der Waals surface area contributed by atoms with Crippen molar-refractivity contribution in [1.29, 1.82) is 0 Å². The number of carbonyl (C=O) groups is 3. The summed E-state index contributed by atoms with van der Waals surface area (Å²) in [7, 11) is 0. The van der Waals surface area contributed by atoms with Crippen LogP contribution < -0.4 is 16.0 Å². The molecule has 0 bridgehead atoms. The van der Waals surface area contributed by atoms with Gasteiger partial charge in [-0.15, -0.1) is 0 Å². The van der Waals surface area contributed by atoms with Crippen molar-refractivity contribution in [3.8, 4) is 0 Å². The van der Waals surface area contributed by atoms with Crippen LogP contribution in [-0.2, 0) is 20.7 Å². The SMILES string of the molecule is CC(C)(C)OC(=O)NC(C(=O)Nc1cccc(F)c1CCC1CN(C(=O)OC(C)(C)C)CC2(CC2)N1)C(c1ccc(F)cc1)c1ccc(F)cc1. The molecule has 2 aliphatic rings. The van der Waals surface area contributed by atoms with Crippen LogP contribution in [-0.4, -0.2) is 64.9 Å². The fraction of sp³-hybridized carbons (Fsp3) is 0.462. The van der Waals surface area contributed by atoms with E-state index in [1.165, 1.54) is 60.7 Å². The van der Waals surface area contributed by atoms with Crippen molar-refractivity contribution in [2.45, 2.75) is 102 Å². The van der Waals surface area contributed by atoms with Crippen LogP contribution in [0.25, 0.3) is 0 Å². The minimum absolute atomic E-state index is 0.153. The second-order valence-corrected chi connectivity index (χ2v) is 15.5. The van der Waals surface area contributed by atoms with Crippen molar-refractivity contribution in [2.75, 3.05) is 18.4 Å². The van der Waals surface area contributed by atoms with Crippen LogP contribution in [0, 0.1) is 17.5 Å². The van der Waals surface area contributed by atoms with E-state index in [4.69, 9.17) is 9.47 Å². The van der Waals surface area contributed by atoms with E-state index in [1.54, 1.807) is 31.7 Å². The smallest absolute Gasteiger partial charge is 0.410 e. The maximum absolute atomic E-state index is 15.6. The van der Waals surface area contributed by atoms with E-state index >= 15 is 4.39 Å². The number of nitrogens with zero attached hydrogens (tertiary/aromatic N) is 1. The molecule has 1 aliphatic heterocycles. The molecule has 0 aromatic heterocycles. The number of alkyl carbamates (subject to hydrolysis) is 1. The normalized spacial score (nSPS) is 17.5. The lowest BCUT2D eigenvalue weighted by Crippen LogP contribution is -2.60. The van der Waals surface area contributed by atoms with Gasteiger partial charge in [-0.1, -0.05) is 30.3 Å². The number of hydrogen-bond acceptors (Lipinski definition) is 6. The predicted molar refractivity (Wildman–Crippen MR) is 188 cm³/mol. The van der Waals surface area contributed by atoms with E-state index in [0.29, 0.717) is 30.6 Å². The Kier molecular flexibility index (Phi) is 11.0. The predicted octanol–water partition coefficient (Wildman–Crippen LogP) is 7.44. The zero-order chi connectivity index (χ0) is 37.1. The standard InChI is InChI=1S/C39H47F3N4O5/c1-37(2,3)50-35(48)44-33(32(24-10-14-26(40)15-11-24)25-12-16-27(41)17-13-25)34(47)43-31-9-7-8-30(42)29(31)19-18-28-22-46(23-39(45-28)20-21-39)36(49)51-38(4,5)6/h7-17,28,32-33,45H,18-23H2,1-6H3,(H,43,47)(H,44,48). The molecule has 2 atom stereocenters. The molecule has 3 aromatic rings. The van der Waals surface area contributed by atoms with Crippen LogP contribution in [0.15, 0.2) is 66.7 Å². The zero-order valence-corrected chi connectivity index (χ0v) is 29.9. The van der Waals surface area contributed by atoms with E-state index < -0.39 is 52.6 Å². The average Bonchev–Trinajstić information content (AvgIpc) is 3.77. The Morgan fingerprint density at radius 1 is 0.863 bits per heavy atom. The van der Waals surface area contributed by atoms with Crippen LogP contribution >= 0.6 is 0 Å². The number of benzene rings is 3. The minimum Gasteiger partial charge on any atom is -0.444 e. The monoisotopic (exact) mass is 708 g/mol. The lowest BCUT2D eigenvalue weighted by Gasteiger charge is -2.40. The summed E-state index contributed by atoms with van der Waals surface area (Å²) in [6.07, 6.45) is 1.24. The summed E-state index contributed by atoms with van der Waals surface area (Å²) in [6, 6.07) is 13.7. The van der Waals surface area contributed by atoms with Gasteiger partial charge in [0.2, 0.25) is 5.91 Å². The molecule has 12 heteroatoms. The van der Waals surface area contributed by atoms with E-state index in [2.05, 4.69) is 16.0 Å². The molecule has 3 aromatic carbocycles. The summed E-state index contributed by atoms with van der Waals surface area (Å²) in [5, 5.41) is 9.15. The van der Waals surface area contributed by atoms with Gasteiger partial charge in [-0.3, -0.25) is 4.79 Å². The second kappa shape index (κ2) is 15.0. The van der Waals surface area contributed by atoms with E-state index in [0.717, 1.165) is 12.8 Å². The lowest BCUT2D eigenvalue weighted by atomic mass is 9.84.